The number of hydrogen-bond donors (Lipinski definition) is 1. The Labute approximate surface area is 177 Å². The molecule has 1 heterocycles. The number of para-hydroxylation sites is 1. The predicted octanol–water partition coefficient (Wildman–Crippen LogP) is 4.51. The maximum atomic E-state index is 13.0. The highest BCUT2D eigenvalue weighted by Gasteiger charge is 2.30. The zero-order valence-corrected chi connectivity index (χ0v) is 17.6. The average molecular weight is 430 g/mol. The van der Waals surface area contributed by atoms with E-state index < -0.39 is 5.25 Å². The number of halogens is 1. The highest BCUT2D eigenvalue weighted by atomic mass is 35.5. The number of anilines is 1. The summed E-state index contributed by atoms with van der Waals surface area (Å²) in [4.78, 5) is 30.4. The van der Waals surface area contributed by atoms with Gasteiger partial charge in [-0.2, -0.15) is 0 Å². The summed E-state index contributed by atoms with van der Waals surface area (Å²) in [7, 11) is 1.53. The number of carbonyl (C=O) groups excluding carboxylic acids is 1. The van der Waals surface area contributed by atoms with Crippen molar-refractivity contribution in [2.24, 2.45) is 0 Å². The Morgan fingerprint density at radius 2 is 2.07 bits per heavy atom. The number of rotatable bonds is 6. The van der Waals surface area contributed by atoms with Crippen molar-refractivity contribution in [2.75, 3.05) is 12.4 Å². The number of amides is 1. The molecule has 2 aromatic carbocycles. The summed E-state index contributed by atoms with van der Waals surface area (Å²) in [5, 5.41) is 4.05. The molecule has 1 aliphatic rings. The Morgan fingerprint density at radius 1 is 1.31 bits per heavy atom. The summed E-state index contributed by atoms with van der Waals surface area (Å²) in [5.41, 5.74) is 1.09. The Morgan fingerprint density at radius 3 is 2.79 bits per heavy atom. The van der Waals surface area contributed by atoms with Crippen molar-refractivity contribution >= 4 is 45.9 Å². The molecule has 1 amide bonds. The lowest BCUT2D eigenvalue weighted by Gasteiger charge is -2.17. The lowest BCUT2D eigenvalue weighted by molar-refractivity contribution is -0.115. The van der Waals surface area contributed by atoms with Crippen molar-refractivity contribution in [1.82, 2.24) is 9.55 Å². The summed E-state index contributed by atoms with van der Waals surface area (Å²) in [6.45, 7) is 1.79. The number of thioether (sulfide) groups is 1. The maximum Gasteiger partial charge on any atom is 0.262 e. The van der Waals surface area contributed by atoms with Crippen LogP contribution in [0.1, 0.15) is 25.8 Å². The molecule has 1 N–H and O–H groups in total. The van der Waals surface area contributed by atoms with Gasteiger partial charge in [-0.15, -0.1) is 0 Å². The third-order valence-electron chi connectivity index (χ3n) is 4.76. The number of benzene rings is 2. The monoisotopic (exact) mass is 429 g/mol. The van der Waals surface area contributed by atoms with E-state index in [-0.39, 0.29) is 17.5 Å². The molecule has 1 atom stereocenters. The first-order chi connectivity index (χ1) is 14.0. The number of carbonyl (C=O) groups is 1. The van der Waals surface area contributed by atoms with Gasteiger partial charge in [0, 0.05) is 11.1 Å². The smallest absolute Gasteiger partial charge is 0.262 e. The van der Waals surface area contributed by atoms with Crippen LogP contribution < -0.4 is 15.6 Å². The third kappa shape index (κ3) is 4.11. The molecule has 1 fully saturated rings. The molecule has 0 aliphatic heterocycles. The Bertz CT molecular complexity index is 1140. The molecule has 0 radical (unpaired) electrons. The minimum Gasteiger partial charge on any atom is -0.495 e. The van der Waals surface area contributed by atoms with Crippen molar-refractivity contribution in [3.8, 4) is 5.75 Å². The molecule has 6 nitrogen and oxygen atoms in total. The molecule has 3 aromatic rings. The molecular weight excluding hydrogens is 410 g/mol. The molecule has 0 spiro atoms. The van der Waals surface area contributed by atoms with E-state index in [1.54, 1.807) is 35.8 Å². The van der Waals surface area contributed by atoms with Crippen LogP contribution in [-0.2, 0) is 4.79 Å². The van der Waals surface area contributed by atoms with Crippen LogP contribution in [-0.4, -0.2) is 27.8 Å². The van der Waals surface area contributed by atoms with Crippen molar-refractivity contribution in [1.29, 1.82) is 0 Å². The van der Waals surface area contributed by atoms with Crippen LogP contribution in [0.4, 0.5) is 5.69 Å². The van der Waals surface area contributed by atoms with Crippen molar-refractivity contribution in [3.05, 3.63) is 57.8 Å². The van der Waals surface area contributed by atoms with Crippen molar-refractivity contribution < 1.29 is 9.53 Å². The summed E-state index contributed by atoms with van der Waals surface area (Å²) < 4.78 is 7.02. The average Bonchev–Trinajstić information content (AvgIpc) is 3.53. The van der Waals surface area contributed by atoms with Crippen LogP contribution in [0.3, 0.4) is 0 Å². The first-order valence-electron chi connectivity index (χ1n) is 9.30. The van der Waals surface area contributed by atoms with Gasteiger partial charge in [0.05, 0.1) is 29.0 Å². The molecule has 4 rings (SSSR count). The van der Waals surface area contributed by atoms with Gasteiger partial charge in [-0.1, -0.05) is 35.5 Å². The quantitative estimate of drug-likeness (QED) is 0.461. The predicted molar refractivity (Wildman–Crippen MR) is 116 cm³/mol. The van der Waals surface area contributed by atoms with Gasteiger partial charge in [0.25, 0.3) is 5.56 Å². The molecule has 8 heteroatoms. The normalized spacial score (nSPS) is 14.6. The number of nitrogens with one attached hydrogen (secondary N) is 1. The molecule has 150 valence electrons. The fourth-order valence-electron chi connectivity index (χ4n) is 3.09. The van der Waals surface area contributed by atoms with E-state index in [1.165, 1.54) is 18.9 Å². The number of aromatic nitrogens is 2. The summed E-state index contributed by atoms with van der Waals surface area (Å²) in [6, 6.07) is 12.5. The van der Waals surface area contributed by atoms with Gasteiger partial charge >= 0.3 is 0 Å². The van der Waals surface area contributed by atoms with Crippen LogP contribution in [0.25, 0.3) is 10.9 Å². The zero-order valence-electron chi connectivity index (χ0n) is 16.0. The number of fused-ring (bicyclic) bond motifs is 1. The number of methoxy groups -OCH3 is 1. The van der Waals surface area contributed by atoms with Gasteiger partial charge in [-0.25, -0.2) is 4.98 Å². The van der Waals surface area contributed by atoms with E-state index in [0.717, 1.165) is 12.8 Å². The van der Waals surface area contributed by atoms with E-state index in [2.05, 4.69) is 10.3 Å². The molecule has 1 aliphatic carbocycles. The van der Waals surface area contributed by atoms with Crippen LogP contribution in [0.15, 0.2) is 52.4 Å². The Hall–Kier alpha value is -2.51. The lowest BCUT2D eigenvalue weighted by atomic mass is 10.2. The topological polar surface area (TPSA) is 73.2 Å². The lowest BCUT2D eigenvalue weighted by Crippen LogP contribution is -2.26. The molecular formula is C21H20ClN3O3S. The van der Waals surface area contributed by atoms with Gasteiger partial charge in [0.1, 0.15) is 5.75 Å². The SMILES string of the molecule is COc1ccc(Cl)cc1NC(=O)C(C)Sc1nc2ccccc2c(=O)n1C1CC1. The van der Waals surface area contributed by atoms with E-state index in [4.69, 9.17) is 16.3 Å². The van der Waals surface area contributed by atoms with E-state index in [0.29, 0.717) is 32.5 Å². The minimum atomic E-state index is -0.475. The third-order valence-corrected chi connectivity index (χ3v) is 6.06. The van der Waals surface area contributed by atoms with Gasteiger partial charge in [-0.3, -0.25) is 14.2 Å². The molecule has 0 bridgehead atoms. The van der Waals surface area contributed by atoms with E-state index in [1.807, 2.05) is 18.2 Å². The molecule has 1 aromatic heterocycles. The highest BCUT2D eigenvalue weighted by molar-refractivity contribution is 8.00. The minimum absolute atomic E-state index is 0.0512. The fourth-order valence-corrected chi connectivity index (χ4v) is 4.24. The summed E-state index contributed by atoms with van der Waals surface area (Å²) >= 11 is 7.32. The standard InChI is InChI=1S/C21H20ClN3O3S/c1-12(19(26)23-17-11-13(22)7-10-18(17)28-2)29-21-24-16-6-4-3-5-15(16)20(27)25(21)14-8-9-14/h3-7,10-12,14H,8-9H2,1-2H3,(H,23,26). The Balaban J connectivity index is 1.61. The number of ether oxygens (including phenoxy) is 1. The zero-order chi connectivity index (χ0) is 20.5. The van der Waals surface area contributed by atoms with Crippen LogP contribution in [0.2, 0.25) is 5.02 Å². The second-order valence-corrected chi connectivity index (χ2v) is 8.66. The van der Waals surface area contributed by atoms with Crippen molar-refractivity contribution in [3.63, 3.8) is 0 Å². The largest absolute Gasteiger partial charge is 0.495 e. The van der Waals surface area contributed by atoms with Crippen LogP contribution in [0, 0.1) is 0 Å². The number of hydrogen-bond acceptors (Lipinski definition) is 5. The van der Waals surface area contributed by atoms with Crippen LogP contribution >= 0.6 is 23.4 Å². The molecule has 0 saturated heterocycles. The second-order valence-electron chi connectivity index (χ2n) is 6.91. The Kier molecular flexibility index (Phi) is 5.52. The highest BCUT2D eigenvalue weighted by Crippen LogP contribution is 2.38. The first kappa shape index (κ1) is 19.8. The molecule has 29 heavy (non-hydrogen) atoms. The second kappa shape index (κ2) is 8.08. The summed E-state index contributed by atoms with van der Waals surface area (Å²) in [5.74, 6) is 0.305. The van der Waals surface area contributed by atoms with E-state index in [9.17, 15) is 9.59 Å². The van der Waals surface area contributed by atoms with Gasteiger partial charge in [-0.05, 0) is 50.1 Å². The fraction of sp³-hybridized carbons (Fsp3) is 0.286. The van der Waals surface area contributed by atoms with Gasteiger partial charge in [0.2, 0.25) is 5.91 Å². The van der Waals surface area contributed by atoms with Crippen LogP contribution in [0.5, 0.6) is 5.75 Å². The molecule has 1 saturated carbocycles. The molecule has 1 unspecified atom stereocenters. The number of nitrogens with zero attached hydrogens (tertiary/aromatic N) is 2. The maximum absolute atomic E-state index is 13.0. The summed E-state index contributed by atoms with van der Waals surface area (Å²) in [6.07, 6.45) is 1.90. The van der Waals surface area contributed by atoms with E-state index >= 15 is 0 Å². The van der Waals surface area contributed by atoms with Gasteiger partial charge in [0.15, 0.2) is 5.16 Å². The van der Waals surface area contributed by atoms with Gasteiger partial charge < -0.3 is 10.1 Å². The first-order valence-corrected chi connectivity index (χ1v) is 10.6. The van der Waals surface area contributed by atoms with Crippen molar-refractivity contribution in [2.45, 2.75) is 36.2 Å².